The molecule has 1 amide bonds. The minimum atomic E-state index is -0.923. The average Bonchev–Trinajstić information content (AvgIpc) is 2.66. The molecule has 2 aliphatic rings. The zero-order valence-electron chi connectivity index (χ0n) is 10.1. The van der Waals surface area contributed by atoms with Crippen LogP contribution in [0.3, 0.4) is 0 Å². The van der Waals surface area contributed by atoms with Gasteiger partial charge in [0.05, 0.1) is 0 Å². The lowest BCUT2D eigenvalue weighted by molar-refractivity contribution is 0.174. The van der Waals surface area contributed by atoms with Gasteiger partial charge in [-0.1, -0.05) is 0 Å². The van der Waals surface area contributed by atoms with Gasteiger partial charge in [-0.15, -0.1) is 0 Å². The van der Waals surface area contributed by atoms with E-state index in [1.165, 1.54) is 0 Å². The smallest absolute Gasteiger partial charge is 0.404 e. The highest BCUT2D eigenvalue weighted by molar-refractivity contribution is 5.64. The molecule has 0 aromatic rings. The molecule has 17 heavy (non-hydrogen) atoms. The van der Waals surface area contributed by atoms with Gasteiger partial charge in [-0.25, -0.2) is 9.18 Å². The lowest BCUT2D eigenvalue weighted by Gasteiger charge is -2.30. The molecule has 0 spiro atoms. The summed E-state index contributed by atoms with van der Waals surface area (Å²) in [6, 6.07) is 0.122. The van der Waals surface area contributed by atoms with Crippen LogP contribution < -0.4 is 5.32 Å². The highest BCUT2D eigenvalue weighted by atomic mass is 19.1. The second kappa shape index (κ2) is 5.67. The summed E-state index contributed by atoms with van der Waals surface area (Å²) in [5.74, 6) is 0.618. The maximum atomic E-state index is 13.0. The molecule has 2 rings (SSSR count). The summed E-state index contributed by atoms with van der Waals surface area (Å²) in [6.45, 7) is 2.46. The predicted octanol–water partition coefficient (Wildman–Crippen LogP) is 1.86. The quantitative estimate of drug-likeness (QED) is 0.796. The number of hydrogen-bond acceptors (Lipinski definition) is 2. The lowest BCUT2D eigenvalue weighted by Crippen LogP contribution is -2.38. The van der Waals surface area contributed by atoms with Crippen molar-refractivity contribution in [3.8, 4) is 0 Å². The van der Waals surface area contributed by atoms with E-state index in [4.69, 9.17) is 5.11 Å². The molecule has 1 saturated heterocycles. The normalized spacial score (nSPS) is 34.8. The number of alkyl halides is 1. The first kappa shape index (κ1) is 12.6. The Bertz CT molecular complexity index is 267. The molecule has 2 N–H and O–H groups in total. The van der Waals surface area contributed by atoms with E-state index in [1.807, 2.05) is 0 Å². The molecule has 1 aliphatic heterocycles. The number of nitrogens with zero attached hydrogens (tertiary/aromatic N) is 1. The van der Waals surface area contributed by atoms with Crippen LogP contribution in [0.25, 0.3) is 0 Å². The maximum Gasteiger partial charge on any atom is 0.404 e. The van der Waals surface area contributed by atoms with Crippen molar-refractivity contribution in [1.29, 1.82) is 0 Å². The monoisotopic (exact) mass is 244 g/mol. The van der Waals surface area contributed by atoms with Crippen molar-refractivity contribution in [2.45, 2.75) is 44.3 Å². The molecular weight excluding hydrogens is 223 g/mol. The Labute approximate surface area is 101 Å². The molecule has 1 atom stereocenters. The Morgan fingerprint density at radius 3 is 2.53 bits per heavy atom. The fourth-order valence-corrected chi connectivity index (χ4v) is 2.98. The van der Waals surface area contributed by atoms with Crippen molar-refractivity contribution in [3.05, 3.63) is 0 Å². The molecule has 0 aromatic heterocycles. The molecule has 0 unspecified atom stereocenters. The summed E-state index contributed by atoms with van der Waals surface area (Å²) in [4.78, 5) is 12.7. The van der Waals surface area contributed by atoms with Crippen LogP contribution >= 0.6 is 0 Å². The van der Waals surface area contributed by atoms with E-state index in [9.17, 15) is 9.18 Å². The van der Waals surface area contributed by atoms with Gasteiger partial charge in [0.25, 0.3) is 0 Å². The van der Waals surface area contributed by atoms with Crippen LogP contribution in [-0.2, 0) is 0 Å². The van der Waals surface area contributed by atoms with Crippen LogP contribution in [0.1, 0.15) is 32.1 Å². The fourth-order valence-electron chi connectivity index (χ4n) is 2.98. The van der Waals surface area contributed by atoms with Crippen molar-refractivity contribution < 1.29 is 14.3 Å². The van der Waals surface area contributed by atoms with E-state index >= 15 is 0 Å². The van der Waals surface area contributed by atoms with Crippen molar-refractivity contribution >= 4 is 6.09 Å². The summed E-state index contributed by atoms with van der Waals surface area (Å²) in [5, 5.41) is 11.2. The van der Waals surface area contributed by atoms with E-state index in [2.05, 4.69) is 10.2 Å². The number of carboxylic acid groups (broad SMARTS) is 1. The third kappa shape index (κ3) is 3.84. The molecule has 1 heterocycles. The SMILES string of the molecule is O=C(O)N[C@H]1CC[C@H](CN2CC[C@@H](F)C2)CC1. The maximum absolute atomic E-state index is 13.0. The minimum Gasteiger partial charge on any atom is -0.465 e. The Morgan fingerprint density at radius 2 is 2.00 bits per heavy atom. The third-order valence-electron chi connectivity index (χ3n) is 3.91. The van der Waals surface area contributed by atoms with Crippen molar-refractivity contribution in [2.75, 3.05) is 19.6 Å². The standard InChI is InChI=1S/C12H21FN2O2/c13-10-5-6-15(8-10)7-9-1-3-11(4-2-9)14-12(16)17/h9-11,14H,1-8H2,(H,16,17)/t9-,10-,11-/m1/s1. The van der Waals surface area contributed by atoms with E-state index in [1.54, 1.807) is 0 Å². The minimum absolute atomic E-state index is 0.122. The molecule has 5 heteroatoms. The molecule has 0 bridgehead atoms. The summed E-state index contributed by atoms with van der Waals surface area (Å²) in [7, 11) is 0. The first-order chi connectivity index (χ1) is 8.13. The first-order valence-electron chi connectivity index (χ1n) is 6.49. The van der Waals surface area contributed by atoms with Gasteiger partial charge in [-0.2, -0.15) is 0 Å². The fraction of sp³-hybridized carbons (Fsp3) is 0.917. The molecule has 0 aromatic carbocycles. The number of rotatable bonds is 3. The molecular formula is C12H21FN2O2. The van der Waals surface area contributed by atoms with Gasteiger partial charge in [0.2, 0.25) is 0 Å². The predicted molar refractivity (Wildman–Crippen MR) is 62.9 cm³/mol. The van der Waals surface area contributed by atoms with Crippen LogP contribution in [0, 0.1) is 5.92 Å². The van der Waals surface area contributed by atoms with E-state index in [-0.39, 0.29) is 6.04 Å². The first-order valence-corrected chi connectivity index (χ1v) is 6.49. The second-order valence-corrected chi connectivity index (χ2v) is 5.31. The number of carbonyl (C=O) groups is 1. The molecule has 4 nitrogen and oxygen atoms in total. The van der Waals surface area contributed by atoms with Gasteiger partial charge in [-0.3, -0.25) is 0 Å². The summed E-state index contributed by atoms with van der Waals surface area (Å²) >= 11 is 0. The average molecular weight is 244 g/mol. The van der Waals surface area contributed by atoms with Gasteiger partial charge in [0, 0.05) is 25.7 Å². The number of halogens is 1. The van der Waals surface area contributed by atoms with Crippen molar-refractivity contribution in [2.24, 2.45) is 5.92 Å². The molecule has 1 aliphatic carbocycles. The van der Waals surface area contributed by atoms with Crippen molar-refractivity contribution in [1.82, 2.24) is 10.2 Å². The number of nitrogens with one attached hydrogen (secondary N) is 1. The largest absolute Gasteiger partial charge is 0.465 e. The zero-order valence-corrected chi connectivity index (χ0v) is 10.1. The van der Waals surface area contributed by atoms with Gasteiger partial charge in [-0.05, 0) is 38.0 Å². The molecule has 1 saturated carbocycles. The lowest BCUT2D eigenvalue weighted by atomic mass is 9.86. The Hall–Kier alpha value is -0.840. The van der Waals surface area contributed by atoms with Gasteiger partial charge in [0.15, 0.2) is 0 Å². The van der Waals surface area contributed by atoms with Gasteiger partial charge in [0.1, 0.15) is 6.17 Å². The number of amides is 1. The zero-order chi connectivity index (χ0) is 12.3. The van der Waals surface area contributed by atoms with Crippen LogP contribution in [0.2, 0.25) is 0 Å². The number of likely N-dealkylation sites (tertiary alicyclic amines) is 1. The highest BCUT2D eigenvalue weighted by Gasteiger charge is 2.27. The number of hydrogen-bond donors (Lipinski definition) is 2. The van der Waals surface area contributed by atoms with E-state index < -0.39 is 12.3 Å². The molecule has 98 valence electrons. The third-order valence-corrected chi connectivity index (χ3v) is 3.91. The van der Waals surface area contributed by atoms with Gasteiger partial charge >= 0.3 is 6.09 Å². The molecule has 0 radical (unpaired) electrons. The Kier molecular flexibility index (Phi) is 4.20. The highest BCUT2D eigenvalue weighted by Crippen LogP contribution is 2.26. The summed E-state index contributed by atoms with van der Waals surface area (Å²) < 4.78 is 13.0. The second-order valence-electron chi connectivity index (χ2n) is 5.31. The van der Waals surface area contributed by atoms with Crippen LogP contribution in [-0.4, -0.2) is 47.9 Å². The Balaban J connectivity index is 1.67. The summed E-state index contributed by atoms with van der Waals surface area (Å²) in [6.07, 6.45) is 3.06. The van der Waals surface area contributed by atoms with E-state index in [0.717, 1.165) is 38.8 Å². The summed E-state index contributed by atoms with van der Waals surface area (Å²) in [5.41, 5.74) is 0. The topological polar surface area (TPSA) is 52.6 Å². The van der Waals surface area contributed by atoms with Crippen LogP contribution in [0.4, 0.5) is 9.18 Å². The van der Waals surface area contributed by atoms with E-state index in [0.29, 0.717) is 18.9 Å². The van der Waals surface area contributed by atoms with Gasteiger partial charge < -0.3 is 15.3 Å². The van der Waals surface area contributed by atoms with Crippen LogP contribution in [0.5, 0.6) is 0 Å². The van der Waals surface area contributed by atoms with Crippen LogP contribution in [0.15, 0.2) is 0 Å². The molecule has 2 fully saturated rings. The Morgan fingerprint density at radius 1 is 1.29 bits per heavy atom. The van der Waals surface area contributed by atoms with Crippen molar-refractivity contribution in [3.63, 3.8) is 0 Å².